The molecule has 1 aliphatic rings. The lowest BCUT2D eigenvalue weighted by atomic mass is 9.81. The number of aliphatic hydroxyl groups excluding tert-OH is 1. The van der Waals surface area contributed by atoms with Crippen molar-refractivity contribution in [2.75, 3.05) is 0 Å². The lowest BCUT2D eigenvalue weighted by molar-refractivity contribution is 0.0618. The fourth-order valence-corrected chi connectivity index (χ4v) is 2.75. The van der Waals surface area contributed by atoms with Crippen LogP contribution < -0.4 is 5.73 Å². The van der Waals surface area contributed by atoms with Gasteiger partial charge in [-0.15, -0.1) is 0 Å². The Morgan fingerprint density at radius 2 is 1.71 bits per heavy atom. The number of hydrogen-bond donors (Lipinski definition) is 2. The van der Waals surface area contributed by atoms with Gasteiger partial charge in [-0.05, 0) is 31.2 Å². The van der Waals surface area contributed by atoms with Crippen molar-refractivity contribution < 1.29 is 5.11 Å². The molecule has 0 spiro atoms. The highest BCUT2D eigenvalue weighted by molar-refractivity contribution is 5.24. The van der Waals surface area contributed by atoms with Crippen molar-refractivity contribution in [3.63, 3.8) is 0 Å². The van der Waals surface area contributed by atoms with E-state index in [0.717, 1.165) is 18.4 Å². The van der Waals surface area contributed by atoms with Gasteiger partial charge in [0.2, 0.25) is 0 Å². The van der Waals surface area contributed by atoms with E-state index in [-0.39, 0.29) is 6.04 Å². The van der Waals surface area contributed by atoms with E-state index in [2.05, 4.69) is 19.1 Å². The van der Waals surface area contributed by atoms with Crippen molar-refractivity contribution in [1.29, 1.82) is 0 Å². The lowest BCUT2D eigenvalue weighted by Gasteiger charge is -2.30. The van der Waals surface area contributed by atoms with Crippen molar-refractivity contribution in [3.8, 4) is 0 Å². The topological polar surface area (TPSA) is 46.2 Å². The molecule has 1 aromatic rings. The summed E-state index contributed by atoms with van der Waals surface area (Å²) in [7, 11) is 0. The number of hydrogen-bond acceptors (Lipinski definition) is 2. The molecule has 17 heavy (non-hydrogen) atoms. The van der Waals surface area contributed by atoms with E-state index in [1.54, 1.807) is 0 Å². The fourth-order valence-electron chi connectivity index (χ4n) is 2.75. The highest BCUT2D eigenvalue weighted by atomic mass is 16.3. The summed E-state index contributed by atoms with van der Waals surface area (Å²) < 4.78 is 0. The first-order valence-electron chi connectivity index (χ1n) is 6.68. The molecule has 94 valence electrons. The number of aliphatic hydroxyl groups is 1. The maximum atomic E-state index is 10.3. The predicted molar refractivity (Wildman–Crippen MR) is 70.7 cm³/mol. The minimum atomic E-state index is -0.391. The molecule has 1 fully saturated rings. The molecule has 0 amide bonds. The monoisotopic (exact) mass is 233 g/mol. The van der Waals surface area contributed by atoms with Gasteiger partial charge in [-0.1, -0.05) is 49.1 Å². The van der Waals surface area contributed by atoms with Crippen LogP contribution in [0, 0.1) is 12.8 Å². The number of aryl methyl sites for hydroxylation is 1. The summed E-state index contributed by atoms with van der Waals surface area (Å²) in [4.78, 5) is 0. The Bertz CT molecular complexity index is 340. The number of benzene rings is 1. The second kappa shape index (κ2) is 5.65. The van der Waals surface area contributed by atoms with Gasteiger partial charge in [0.15, 0.2) is 0 Å². The van der Waals surface area contributed by atoms with Crippen LogP contribution in [0.5, 0.6) is 0 Å². The van der Waals surface area contributed by atoms with Gasteiger partial charge in [0, 0.05) is 0 Å². The molecule has 1 aliphatic carbocycles. The van der Waals surface area contributed by atoms with Crippen LogP contribution >= 0.6 is 0 Å². The van der Waals surface area contributed by atoms with Gasteiger partial charge in [0.25, 0.3) is 0 Å². The average Bonchev–Trinajstić information content (AvgIpc) is 2.39. The third-order valence-corrected chi connectivity index (χ3v) is 3.96. The third kappa shape index (κ3) is 3.08. The molecule has 0 unspecified atom stereocenters. The molecular formula is C15H23NO. The number of nitrogens with two attached hydrogens (primary N) is 1. The van der Waals surface area contributed by atoms with E-state index in [0.29, 0.717) is 5.92 Å². The Morgan fingerprint density at radius 3 is 2.29 bits per heavy atom. The first-order valence-corrected chi connectivity index (χ1v) is 6.68. The highest BCUT2D eigenvalue weighted by Crippen LogP contribution is 2.31. The maximum absolute atomic E-state index is 10.3. The Hall–Kier alpha value is -0.860. The summed E-state index contributed by atoms with van der Waals surface area (Å²) in [6.07, 6.45) is 5.65. The molecule has 1 saturated carbocycles. The van der Waals surface area contributed by atoms with Crippen LogP contribution in [0.1, 0.15) is 49.3 Å². The van der Waals surface area contributed by atoms with Gasteiger partial charge in [0.05, 0.1) is 12.1 Å². The van der Waals surface area contributed by atoms with Crippen molar-refractivity contribution in [2.24, 2.45) is 11.7 Å². The minimum Gasteiger partial charge on any atom is -0.391 e. The van der Waals surface area contributed by atoms with Gasteiger partial charge >= 0.3 is 0 Å². The van der Waals surface area contributed by atoms with Crippen LogP contribution in [0.2, 0.25) is 0 Å². The van der Waals surface area contributed by atoms with E-state index < -0.39 is 6.10 Å². The molecule has 2 nitrogen and oxygen atoms in total. The summed E-state index contributed by atoms with van der Waals surface area (Å²) in [5, 5.41) is 10.3. The molecule has 2 rings (SSSR count). The minimum absolute atomic E-state index is 0.237. The Morgan fingerprint density at radius 1 is 1.12 bits per heavy atom. The van der Waals surface area contributed by atoms with Crippen molar-refractivity contribution in [1.82, 2.24) is 0 Å². The summed E-state index contributed by atoms with van der Waals surface area (Å²) in [5.74, 6) is 0.389. The highest BCUT2D eigenvalue weighted by Gasteiger charge is 2.27. The third-order valence-electron chi connectivity index (χ3n) is 3.96. The molecule has 0 saturated heterocycles. The van der Waals surface area contributed by atoms with Crippen LogP contribution in [0.4, 0.5) is 0 Å². The summed E-state index contributed by atoms with van der Waals surface area (Å²) in [6.45, 7) is 2.06. The second-order valence-corrected chi connectivity index (χ2v) is 5.33. The van der Waals surface area contributed by atoms with Crippen LogP contribution in [0.25, 0.3) is 0 Å². The van der Waals surface area contributed by atoms with Gasteiger partial charge in [-0.3, -0.25) is 0 Å². The van der Waals surface area contributed by atoms with E-state index in [1.807, 2.05) is 12.1 Å². The molecule has 0 aromatic heterocycles. The molecule has 2 atom stereocenters. The quantitative estimate of drug-likeness (QED) is 0.843. The fraction of sp³-hybridized carbons (Fsp3) is 0.600. The largest absolute Gasteiger partial charge is 0.391 e. The number of rotatable bonds is 3. The Kier molecular flexibility index (Phi) is 4.19. The van der Waals surface area contributed by atoms with Crippen LogP contribution in [-0.2, 0) is 0 Å². The molecule has 0 heterocycles. The second-order valence-electron chi connectivity index (χ2n) is 5.33. The standard InChI is InChI=1S/C15H23NO/c1-11-7-9-12(10-8-11)14(16)15(17)13-5-3-2-4-6-13/h7-10,13-15,17H,2-6,16H2,1H3/t14-,15+/m0/s1. The summed E-state index contributed by atoms with van der Waals surface area (Å²) in [6, 6.07) is 7.95. The van der Waals surface area contributed by atoms with Crippen molar-refractivity contribution in [3.05, 3.63) is 35.4 Å². The zero-order chi connectivity index (χ0) is 12.3. The van der Waals surface area contributed by atoms with E-state index in [1.165, 1.54) is 24.8 Å². The lowest BCUT2D eigenvalue weighted by Crippen LogP contribution is -2.34. The summed E-state index contributed by atoms with van der Waals surface area (Å²) >= 11 is 0. The maximum Gasteiger partial charge on any atom is 0.0760 e. The zero-order valence-corrected chi connectivity index (χ0v) is 10.6. The van der Waals surface area contributed by atoms with Crippen molar-refractivity contribution in [2.45, 2.75) is 51.2 Å². The smallest absolute Gasteiger partial charge is 0.0760 e. The van der Waals surface area contributed by atoms with Crippen molar-refractivity contribution >= 4 is 0 Å². The molecular weight excluding hydrogens is 210 g/mol. The first kappa shape index (κ1) is 12.6. The molecule has 0 aliphatic heterocycles. The van der Waals surface area contributed by atoms with E-state index in [9.17, 15) is 5.11 Å². The molecule has 0 radical (unpaired) electrons. The van der Waals surface area contributed by atoms with Crippen LogP contribution in [-0.4, -0.2) is 11.2 Å². The Balaban J connectivity index is 2.02. The molecule has 2 heteroatoms. The zero-order valence-electron chi connectivity index (χ0n) is 10.6. The SMILES string of the molecule is Cc1ccc([C@H](N)[C@H](O)C2CCCCC2)cc1. The first-order chi connectivity index (χ1) is 8.18. The molecule has 3 N–H and O–H groups in total. The normalized spacial score (nSPS) is 21.1. The molecule has 1 aromatic carbocycles. The predicted octanol–water partition coefficient (Wildman–Crippen LogP) is 2.94. The van der Waals surface area contributed by atoms with E-state index in [4.69, 9.17) is 5.73 Å². The van der Waals surface area contributed by atoms with E-state index >= 15 is 0 Å². The molecule has 0 bridgehead atoms. The van der Waals surface area contributed by atoms with Gasteiger partial charge in [0.1, 0.15) is 0 Å². The average molecular weight is 233 g/mol. The van der Waals surface area contributed by atoms with Crippen LogP contribution in [0.15, 0.2) is 24.3 Å². The van der Waals surface area contributed by atoms with Gasteiger partial charge in [-0.25, -0.2) is 0 Å². The Labute approximate surface area is 104 Å². The van der Waals surface area contributed by atoms with Crippen LogP contribution in [0.3, 0.4) is 0 Å². The summed E-state index contributed by atoms with van der Waals surface area (Å²) in [5.41, 5.74) is 8.45. The van der Waals surface area contributed by atoms with Gasteiger partial charge < -0.3 is 10.8 Å². The van der Waals surface area contributed by atoms with Gasteiger partial charge in [-0.2, -0.15) is 0 Å².